The van der Waals surface area contributed by atoms with Crippen molar-refractivity contribution in [3.63, 3.8) is 0 Å². The monoisotopic (exact) mass is 286 g/mol. The Hall–Kier alpha value is -2.18. The van der Waals surface area contributed by atoms with Crippen LogP contribution < -0.4 is 10.1 Å². The van der Waals surface area contributed by atoms with Crippen LogP contribution in [0.1, 0.15) is 18.9 Å². The molecule has 0 atom stereocenters. The third-order valence-corrected chi connectivity index (χ3v) is 3.05. The summed E-state index contributed by atoms with van der Waals surface area (Å²) in [5, 5.41) is 12.8. The first-order valence-corrected chi connectivity index (χ1v) is 6.81. The maximum Gasteiger partial charge on any atom is 0.119 e. The third-order valence-electron chi connectivity index (χ3n) is 2.73. The molecule has 2 rings (SSSR count). The molecule has 0 fully saturated rings. The highest BCUT2D eigenvalue weighted by Gasteiger charge is 2.06. The summed E-state index contributed by atoms with van der Waals surface area (Å²) in [6.45, 7) is 2.78. The Bertz CT molecular complexity index is 617. The highest BCUT2D eigenvalue weighted by Crippen LogP contribution is 2.27. The minimum atomic E-state index is 0.445. The van der Waals surface area contributed by atoms with Crippen LogP contribution in [0.5, 0.6) is 5.75 Å². The smallest absolute Gasteiger partial charge is 0.119 e. The second-order valence-corrected chi connectivity index (χ2v) is 4.68. The van der Waals surface area contributed by atoms with Crippen molar-refractivity contribution >= 4 is 23.0 Å². The van der Waals surface area contributed by atoms with E-state index in [0.717, 1.165) is 17.9 Å². The van der Waals surface area contributed by atoms with Crippen LogP contribution in [-0.2, 0) is 0 Å². The van der Waals surface area contributed by atoms with Crippen molar-refractivity contribution in [1.29, 1.82) is 5.26 Å². The van der Waals surface area contributed by atoms with Gasteiger partial charge < -0.3 is 10.1 Å². The van der Waals surface area contributed by atoms with Gasteiger partial charge in [-0.15, -0.1) is 0 Å². The summed E-state index contributed by atoms with van der Waals surface area (Å²) in [6, 6.07) is 15.1. The quantitative estimate of drug-likeness (QED) is 0.863. The molecule has 0 unspecified atom stereocenters. The van der Waals surface area contributed by atoms with Gasteiger partial charge in [0.05, 0.1) is 22.9 Å². The van der Waals surface area contributed by atoms with E-state index >= 15 is 0 Å². The van der Waals surface area contributed by atoms with E-state index in [4.69, 9.17) is 21.6 Å². The Kier molecular flexibility index (Phi) is 4.86. The minimum absolute atomic E-state index is 0.445. The number of benzene rings is 2. The molecule has 102 valence electrons. The molecule has 0 aliphatic carbocycles. The second-order valence-electron chi connectivity index (χ2n) is 4.27. The Morgan fingerprint density at radius 1 is 1.20 bits per heavy atom. The van der Waals surface area contributed by atoms with Crippen molar-refractivity contribution in [2.75, 3.05) is 11.9 Å². The maximum absolute atomic E-state index is 9.12. The van der Waals surface area contributed by atoms with Gasteiger partial charge >= 0.3 is 0 Å². The zero-order valence-electron chi connectivity index (χ0n) is 11.2. The molecule has 0 heterocycles. The SMILES string of the molecule is CCCOc1ccc(Nc2cccc(Cl)c2C#N)cc1. The molecule has 2 aromatic carbocycles. The lowest BCUT2D eigenvalue weighted by molar-refractivity contribution is 0.317. The van der Waals surface area contributed by atoms with Crippen LogP contribution in [0.4, 0.5) is 11.4 Å². The molecule has 0 aliphatic heterocycles. The summed E-state index contributed by atoms with van der Waals surface area (Å²) in [5.74, 6) is 0.837. The minimum Gasteiger partial charge on any atom is -0.494 e. The molecule has 0 amide bonds. The summed E-state index contributed by atoms with van der Waals surface area (Å²) in [4.78, 5) is 0. The zero-order valence-corrected chi connectivity index (χ0v) is 11.9. The van der Waals surface area contributed by atoms with E-state index in [9.17, 15) is 0 Å². The lowest BCUT2D eigenvalue weighted by atomic mass is 10.2. The van der Waals surface area contributed by atoms with Gasteiger partial charge in [0, 0.05) is 5.69 Å². The maximum atomic E-state index is 9.12. The number of rotatable bonds is 5. The highest BCUT2D eigenvalue weighted by molar-refractivity contribution is 6.32. The van der Waals surface area contributed by atoms with Gasteiger partial charge in [0.2, 0.25) is 0 Å². The average Bonchev–Trinajstić information content (AvgIpc) is 2.47. The summed E-state index contributed by atoms with van der Waals surface area (Å²) < 4.78 is 5.52. The summed E-state index contributed by atoms with van der Waals surface area (Å²) in [5.41, 5.74) is 2.02. The lowest BCUT2D eigenvalue weighted by Crippen LogP contribution is -1.96. The van der Waals surface area contributed by atoms with Gasteiger partial charge in [0.15, 0.2) is 0 Å². The average molecular weight is 287 g/mol. The fraction of sp³-hybridized carbons (Fsp3) is 0.188. The van der Waals surface area contributed by atoms with E-state index in [1.165, 1.54) is 0 Å². The fourth-order valence-corrected chi connectivity index (χ4v) is 1.97. The Balaban J connectivity index is 2.15. The molecule has 0 bridgehead atoms. The molecule has 3 nitrogen and oxygen atoms in total. The molecule has 20 heavy (non-hydrogen) atoms. The summed E-state index contributed by atoms with van der Waals surface area (Å²) >= 11 is 6.00. The van der Waals surface area contributed by atoms with Crippen LogP contribution in [0.15, 0.2) is 42.5 Å². The van der Waals surface area contributed by atoms with Crippen molar-refractivity contribution in [3.8, 4) is 11.8 Å². The van der Waals surface area contributed by atoms with E-state index in [-0.39, 0.29) is 0 Å². The molecule has 1 N–H and O–H groups in total. The summed E-state index contributed by atoms with van der Waals surface area (Å²) in [7, 11) is 0. The number of hydrogen-bond acceptors (Lipinski definition) is 3. The number of hydrogen-bond donors (Lipinski definition) is 1. The molecule has 0 radical (unpaired) electrons. The fourth-order valence-electron chi connectivity index (χ4n) is 1.75. The molecular formula is C16H15ClN2O. The Labute approximate surface area is 123 Å². The largest absolute Gasteiger partial charge is 0.494 e. The second kappa shape index (κ2) is 6.83. The van der Waals surface area contributed by atoms with Crippen LogP contribution in [0.2, 0.25) is 5.02 Å². The third kappa shape index (κ3) is 3.43. The van der Waals surface area contributed by atoms with Crippen molar-refractivity contribution in [2.24, 2.45) is 0 Å². The number of nitrogens with zero attached hydrogens (tertiary/aromatic N) is 1. The molecule has 0 saturated heterocycles. The number of nitrogens with one attached hydrogen (secondary N) is 1. The van der Waals surface area contributed by atoms with Gasteiger partial charge in [-0.1, -0.05) is 24.6 Å². The van der Waals surface area contributed by atoms with Gasteiger partial charge in [0.1, 0.15) is 11.8 Å². The van der Waals surface area contributed by atoms with E-state index in [1.807, 2.05) is 36.4 Å². The van der Waals surface area contributed by atoms with Crippen LogP contribution in [0, 0.1) is 11.3 Å². The zero-order chi connectivity index (χ0) is 14.4. The standard InChI is InChI=1S/C16H15ClN2O/c1-2-10-20-13-8-6-12(7-9-13)19-16-5-3-4-15(17)14(16)11-18/h3-9,19H,2,10H2,1H3. The van der Waals surface area contributed by atoms with Gasteiger partial charge in [0.25, 0.3) is 0 Å². The molecule has 0 saturated carbocycles. The normalized spacial score (nSPS) is 9.85. The predicted molar refractivity (Wildman–Crippen MR) is 81.7 cm³/mol. The molecule has 4 heteroatoms. The lowest BCUT2D eigenvalue weighted by Gasteiger charge is -2.10. The molecular weight excluding hydrogens is 272 g/mol. The van der Waals surface area contributed by atoms with Crippen molar-refractivity contribution < 1.29 is 4.74 Å². The molecule has 0 aliphatic rings. The van der Waals surface area contributed by atoms with Crippen molar-refractivity contribution in [3.05, 3.63) is 53.1 Å². The number of halogens is 1. The molecule has 0 spiro atoms. The van der Waals surface area contributed by atoms with Crippen molar-refractivity contribution in [2.45, 2.75) is 13.3 Å². The Morgan fingerprint density at radius 2 is 1.95 bits per heavy atom. The van der Waals surface area contributed by atoms with Gasteiger partial charge in [-0.3, -0.25) is 0 Å². The highest BCUT2D eigenvalue weighted by atomic mass is 35.5. The van der Waals surface area contributed by atoms with Crippen LogP contribution >= 0.6 is 11.6 Å². The number of anilines is 2. The molecule has 0 aromatic heterocycles. The van der Waals surface area contributed by atoms with Crippen LogP contribution in [0.3, 0.4) is 0 Å². The first-order valence-electron chi connectivity index (χ1n) is 6.43. The predicted octanol–water partition coefficient (Wildman–Crippen LogP) is 4.74. The first kappa shape index (κ1) is 14.2. The van der Waals surface area contributed by atoms with E-state index in [1.54, 1.807) is 6.07 Å². The summed E-state index contributed by atoms with van der Waals surface area (Å²) in [6.07, 6.45) is 0.980. The van der Waals surface area contributed by atoms with Gasteiger partial charge in [-0.25, -0.2) is 0 Å². The van der Waals surface area contributed by atoms with Gasteiger partial charge in [-0.05, 0) is 42.8 Å². The van der Waals surface area contributed by atoms with E-state index in [0.29, 0.717) is 22.9 Å². The number of nitriles is 1. The number of ether oxygens (including phenoxy) is 1. The van der Waals surface area contributed by atoms with Gasteiger partial charge in [-0.2, -0.15) is 5.26 Å². The van der Waals surface area contributed by atoms with Crippen molar-refractivity contribution in [1.82, 2.24) is 0 Å². The molecule has 2 aromatic rings. The first-order chi connectivity index (χ1) is 9.74. The van der Waals surface area contributed by atoms with Crippen LogP contribution in [-0.4, -0.2) is 6.61 Å². The van der Waals surface area contributed by atoms with Crippen LogP contribution in [0.25, 0.3) is 0 Å². The van der Waals surface area contributed by atoms with E-state index < -0.39 is 0 Å². The topological polar surface area (TPSA) is 45.0 Å². The van der Waals surface area contributed by atoms with E-state index in [2.05, 4.69) is 18.3 Å². The Morgan fingerprint density at radius 3 is 2.60 bits per heavy atom.